The third kappa shape index (κ3) is 2.03. The van der Waals surface area contributed by atoms with Crippen molar-refractivity contribution < 1.29 is 0 Å². The van der Waals surface area contributed by atoms with Gasteiger partial charge >= 0.3 is 0 Å². The Morgan fingerprint density at radius 2 is 2.21 bits per heavy atom. The Balaban J connectivity index is 1.63. The molecule has 1 aromatic heterocycles. The quantitative estimate of drug-likeness (QED) is 0.890. The second-order valence-corrected chi connectivity index (χ2v) is 6.50. The van der Waals surface area contributed by atoms with Crippen molar-refractivity contribution in [2.24, 2.45) is 0 Å². The predicted molar refractivity (Wildman–Crippen MR) is 79.0 cm³/mol. The highest BCUT2D eigenvalue weighted by molar-refractivity contribution is 9.10. The van der Waals surface area contributed by atoms with Crippen molar-refractivity contribution in [3.63, 3.8) is 0 Å². The summed E-state index contributed by atoms with van der Waals surface area (Å²) in [5.41, 5.74) is 2.29. The summed E-state index contributed by atoms with van der Waals surface area (Å²) in [6, 6.07) is 9.68. The summed E-state index contributed by atoms with van der Waals surface area (Å²) in [4.78, 5) is 8.12. The molecule has 2 aliphatic rings. The first-order valence-corrected chi connectivity index (χ1v) is 7.66. The van der Waals surface area contributed by atoms with E-state index in [0.717, 1.165) is 22.0 Å². The molecule has 0 amide bonds. The standard InChI is InChI=1S/C15H16BrN3/c16-10-3-1-2-9(6-10)14-8-17-15(19-14)12-7-11-4-5-13(12)18-11/h1-3,6,8,11-13,18H,4-5,7H2,(H,17,19). The van der Waals surface area contributed by atoms with Gasteiger partial charge in [-0.05, 0) is 31.4 Å². The molecule has 2 saturated heterocycles. The summed E-state index contributed by atoms with van der Waals surface area (Å²) < 4.78 is 1.10. The minimum atomic E-state index is 0.569. The molecule has 2 bridgehead atoms. The molecule has 3 unspecified atom stereocenters. The third-order valence-corrected chi connectivity index (χ3v) is 4.88. The number of nitrogens with zero attached hydrogens (tertiary/aromatic N) is 1. The maximum atomic E-state index is 4.61. The molecular weight excluding hydrogens is 302 g/mol. The normalized spacial score (nSPS) is 29.0. The Hall–Kier alpha value is -1.13. The maximum absolute atomic E-state index is 4.61. The van der Waals surface area contributed by atoms with Gasteiger partial charge in [0.25, 0.3) is 0 Å². The molecular formula is C15H16BrN3. The molecule has 19 heavy (non-hydrogen) atoms. The molecule has 3 nitrogen and oxygen atoms in total. The third-order valence-electron chi connectivity index (χ3n) is 4.38. The molecule has 0 radical (unpaired) electrons. The van der Waals surface area contributed by atoms with E-state index >= 15 is 0 Å². The van der Waals surface area contributed by atoms with Crippen molar-refractivity contribution in [1.82, 2.24) is 15.3 Å². The van der Waals surface area contributed by atoms with Gasteiger partial charge in [0.2, 0.25) is 0 Å². The number of hydrogen-bond acceptors (Lipinski definition) is 2. The van der Waals surface area contributed by atoms with Crippen LogP contribution in [-0.4, -0.2) is 22.1 Å². The smallest absolute Gasteiger partial charge is 0.111 e. The molecule has 0 saturated carbocycles. The van der Waals surface area contributed by atoms with Crippen molar-refractivity contribution in [2.75, 3.05) is 0 Å². The van der Waals surface area contributed by atoms with Crippen LogP contribution < -0.4 is 5.32 Å². The molecule has 98 valence electrons. The number of imidazole rings is 1. The summed E-state index contributed by atoms with van der Waals surface area (Å²) in [5, 5.41) is 3.67. The van der Waals surface area contributed by atoms with E-state index in [1.807, 2.05) is 12.3 Å². The molecule has 2 aromatic rings. The number of fused-ring (bicyclic) bond motifs is 2. The van der Waals surface area contributed by atoms with Crippen molar-refractivity contribution >= 4 is 15.9 Å². The lowest BCUT2D eigenvalue weighted by Gasteiger charge is -2.17. The van der Waals surface area contributed by atoms with Crippen molar-refractivity contribution in [3.8, 4) is 11.3 Å². The second-order valence-electron chi connectivity index (χ2n) is 5.58. The Morgan fingerprint density at radius 3 is 2.95 bits per heavy atom. The van der Waals surface area contributed by atoms with E-state index in [-0.39, 0.29) is 0 Å². The van der Waals surface area contributed by atoms with Gasteiger partial charge in [-0.2, -0.15) is 0 Å². The maximum Gasteiger partial charge on any atom is 0.111 e. The van der Waals surface area contributed by atoms with E-state index < -0.39 is 0 Å². The number of H-pyrrole nitrogens is 1. The van der Waals surface area contributed by atoms with E-state index in [4.69, 9.17) is 0 Å². The predicted octanol–water partition coefficient (Wildman–Crippen LogP) is 3.45. The molecule has 4 heteroatoms. The average Bonchev–Trinajstić information content (AvgIpc) is 3.14. The molecule has 2 N–H and O–H groups in total. The summed E-state index contributed by atoms with van der Waals surface area (Å²) in [5.74, 6) is 1.72. The molecule has 2 fully saturated rings. The van der Waals surface area contributed by atoms with Crippen LogP contribution >= 0.6 is 15.9 Å². The fourth-order valence-electron chi connectivity index (χ4n) is 3.45. The largest absolute Gasteiger partial charge is 0.342 e. The van der Waals surface area contributed by atoms with Crippen molar-refractivity contribution in [2.45, 2.75) is 37.3 Å². The highest BCUT2D eigenvalue weighted by Crippen LogP contribution is 2.39. The highest BCUT2D eigenvalue weighted by atomic mass is 79.9. The zero-order chi connectivity index (χ0) is 12.8. The first kappa shape index (κ1) is 11.7. The van der Waals surface area contributed by atoms with E-state index in [0.29, 0.717) is 12.0 Å². The molecule has 4 rings (SSSR count). The summed E-state index contributed by atoms with van der Waals surface area (Å²) >= 11 is 3.51. The van der Waals surface area contributed by atoms with Gasteiger partial charge in [-0.3, -0.25) is 0 Å². The SMILES string of the molecule is Brc1cccc(-c2cnc(C3CC4CCC3N4)[nH]2)c1. The lowest BCUT2D eigenvalue weighted by molar-refractivity contribution is 0.490. The van der Waals surface area contributed by atoms with Crippen LogP contribution in [0.1, 0.15) is 31.0 Å². The van der Waals surface area contributed by atoms with Crippen LogP contribution in [0.25, 0.3) is 11.3 Å². The zero-order valence-electron chi connectivity index (χ0n) is 10.6. The summed E-state index contributed by atoms with van der Waals surface area (Å²) in [6.07, 6.45) is 5.82. The molecule has 0 aliphatic carbocycles. The first-order chi connectivity index (χ1) is 9.29. The molecule has 0 spiro atoms. The lowest BCUT2D eigenvalue weighted by atomic mass is 9.89. The Labute approximate surface area is 121 Å². The van der Waals surface area contributed by atoms with Crippen LogP contribution in [0, 0.1) is 0 Å². The van der Waals surface area contributed by atoms with E-state index in [2.05, 4.69) is 49.4 Å². The number of nitrogens with one attached hydrogen (secondary N) is 2. The highest BCUT2D eigenvalue weighted by Gasteiger charge is 2.41. The van der Waals surface area contributed by atoms with Crippen LogP contribution in [0.4, 0.5) is 0 Å². The number of benzene rings is 1. The van der Waals surface area contributed by atoms with Crippen molar-refractivity contribution in [3.05, 3.63) is 40.8 Å². The average molecular weight is 318 g/mol. The topological polar surface area (TPSA) is 40.7 Å². The van der Waals surface area contributed by atoms with Crippen LogP contribution in [0.5, 0.6) is 0 Å². The van der Waals surface area contributed by atoms with Gasteiger partial charge in [-0.15, -0.1) is 0 Å². The van der Waals surface area contributed by atoms with Gasteiger partial charge in [0.05, 0.1) is 11.9 Å². The van der Waals surface area contributed by atoms with Gasteiger partial charge < -0.3 is 10.3 Å². The Morgan fingerprint density at radius 1 is 1.26 bits per heavy atom. The van der Waals surface area contributed by atoms with Crippen molar-refractivity contribution in [1.29, 1.82) is 0 Å². The number of rotatable bonds is 2. The monoisotopic (exact) mass is 317 g/mol. The summed E-state index contributed by atoms with van der Waals surface area (Å²) in [7, 11) is 0. The Kier molecular flexibility index (Phi) is 2.74. The van der Waals surface area contributed by atoms with Gasteiger partial charge in [-0.25, -0.2) is 4.98 Å². The molecule has 1 aromatic carbocycles. The lowest BCUT2D eigenvalue weighted by Crippen LogP contribution is -2.22. The fraction of sp³-hybridized carbons (Fsp3) is 0.400. The van der Waals surface area contributed by atoms with Crippen LogP contribution in [-0.2, 0) is 0 Å². The van der Waals surface area contributed by atoms with Crippen LogP contribution in [0.2, 0.25) is 0 Å². The number of hydrogen-bond donors (Lipinski definition) is 2. The van der Waals surface area contributed by atoms with Crippen LogP contribution in [0.15, 0.2) is 34.9 Å². The summed E-state index contributed by atoms with van der Waals surface area (Å²) in [6.45, 7) is 0. The van der Waals surface area contributed by atoms with E-state index in [9.17, 15) is 0 Å². The molecule has 3 heterocycles. The number of aromatic nitrogens is 2. The second kappa shape index (κ2) is 4.46. The minimum Gasteiger partial charge on any atom is -0.342 e. The number of halogens is 1. The van der Waals surface area contributed by atoms with E-state index in [1.165, 1.54) is 24.8 Å². The van der Waals surface area contributed by atoms with Gasteiger partial charge in [0, 0.05) is 28.0 Å². The van der Waals surface area contributed by atoms with Gasteiger partial charge in [-0.1, -0.05) is 28.1 Å². The molecule has 2 aliphatic heterocycles. The molecule has 3 atom stereocenters. The van der Waals surface area contributed by atoms with Gasteiger partial charge in [0.1, 0.15) is 5.82 Å². The fourth-order valence-corrected chi connectivity index (χ4v) is 3.85. The minimum absolute atomic E-state index is 0.569. The number of aromatic amines is 1. The van der Waals surface area contributed by atoms with Crippen LogP contribution in [0.3, 0.4) is 0 Å². The Bertz CT molecular complexity index is 607. The first-order valence-electron chi connectivity index (χ1n) is 6.86. The van der Waals surface area contributed by atoms with Gasteiger partial charge in [0.15, 0.2) is 0 Å². The zero-order valence-corrected chi connectivity index (χ0v) is 12.2. The van der Waals surface area contributed by atoms with E-state index in [1.54, 1.807) is 0 Å².